The molecule has 1 heteroatoms. The van der Waals surface area contributed by atoms with Crippen LogP contribution in [0.15, 0.2) is 12.1 Å². The average molecular weight is 139 g/mol. The summed E-state index contributed by atoms with van der Waals surface area (Å²) in [5.74, 6) is 0. The zero-order chi connectivity index (χ0) is 6.43. The molecule has 0 heterocycles. The molecule has 0 spiro atoms. The van der Waals surface area contributed by atoms with Crippen LogP contribution >= 0.6 is 11.6 Å². The van der Waals surface area contributed by atoms with Crippen molar-refractivity contribution in [3.05, 3.63) is 33.8 Å². The number of aryl methyl sites for hydroxylation is 1. The number of fused-ring (bicyclic) bond motifs is 2. The van der Waals surface area contributed by atoms with Gasteiger partial charge in [0.1, 0.15) is 0 Å². The van der Waals surface area contributed by atoms with Gasteiger partial charge in [0.2, 0.25) is 0 Å². The summed E-state index contributed by atoms with van der Waals surface area (Å²) in [7, 11) is 0. The summed E-state index contributed by atoms with van der Waals surface area (Å²) >= 11 is 5.92. The van der Waals surface area contributed by atoms with Crippen LogP contribution in [0.25, 0.3) is 0 Å². The van der Waals surface area contributed by atoms with Gasteiger partial charge >= 0.3 is 0 Å². The maximum absolute atomic E-state index is 5.92. The fourth-order valence-corrected chi connectivity index (χ4v) is 1.42. The molecule has 3 rings (SSSR count). The van der Waals surface area contributed by atoms with Gasteiger partial charge in [-0.3, -0.25) is 0 Å². The summed E-state index contributed by atoms with van der Waals surface area (Å²) in [4.78, 5) is 0. The van der Waals surface area contributed by atoms with Gasteiger partial charge in [-0.05, 0) is 30.0 Å². The number of hydrogen-bond donors (Lipinski definition) is 0. The van der Waals surface area contributed by atoms with Crippen LogP contribution in [0, 0.1) is 6.92 Å². The lowest BCUT2D eigenvalue weighted by Crippen LogP contribution is -2.02. The van der Waals surface area contributed by atoms with Gasteiger partial charge in [0.15, 0.2) is 0 Å². The Morgan fingerprint density at radius 2 is 2.11 bits per heavy atom. The Hall–Kier alpha value is -0.490. The van der Waals surface area contributed by atoms with Crippen LogP contribution in [0.1, 0.15) is 16.7 Å². The maximum atomic E-state index is 5.92. The molecule has 0 nitrogen and oxygen atoms in total. The highest BCUT2D eigenvalue weighted by Crippen LogP contribution is 2.31. The highest BCUT2D eigenvalue weighted by molar-refractivity contribution is 6.32. The topological polar surface area (TPSA) is 0 Å². The van der Waals surface area contributed by atoms with Crippen LogP contribution in [0.3, 0.4) is 0 Å². The Morgan fingerprint density at radius 1 is 1.44 bits per heavy atom. The van der Waals surface area contributed by atoms with Gasteiger partial charge in [-0.1, -0.05) is 23.7 Å². The average Bonchev–Trinajstić information content (AvgIpc) is 1.72. The lowest BCUT2D eigenvalue weighted by molar-refractivity contribution is 1.07. The third-order valence-electron chi connectivity index (χ3n) is 1.78. The van der Waals surface area contributed by atoms with Crippen molar-refractivity contribution < 1.29 is 0 Å². The molecule has 0 amide bonds. The summed E-state index contributed by atoms with van der Waals surface area (Å²) in [5.41, 5.74) is 3.95. The molecule has 0 saturated heterocycles. The number of hydrogen-bond acceptors (Lipinski definition) is 0. The van der Waals surface area contributed by atoms with Crippen molar-refractivity contribution in [2.24, 2.45) is 0 Å². The lowest BCUT2D eigenvalue weighted by Gasteiger charge is -2.18. The quantitative estimate of drug-likeness (QED) is 0.525. The predicted octanol–water partition coefficient (Wildman–Crippen LogP) is 2.55. The SMILES string of the molecule is Cc1cc2cc(c1Cl)C2. The van der Waals surface area contributed by atoms with E-state index in [9.17, 15) is 0 Å². The summed E-state index contributed by atoms with van der Waals surface area (Å²) in [6, 6.07) is 4.30. The van der Waals surface area contributed by atoms with Gasteiger partial charge < -0.3 is 0 Å². The summed E-state index contributed by atoms with van der Waals surface area (Å²) in [6.07, 6.45) is 1.09. The van der Waals surface area contributed by atoms with Crippen molar-refractivity contribution in [2.75, 3.05) is 0 Å². The van der Waals surface area contributed by atoms with E-state index in [0.29, 0.717) is 0 Å². The van der Waals surface area contributed by atoms with Gasteiger partial charge in [0.25, 0.3) is 0 Å². The van der Waals surface area contributed by atoms with E-state index in [1.807, 2.05) is 0 Å². The first-order valence-corrected chi connectivity index (χ1v) is 3.43. The minimum atomic E-state index is 0.963. The summed E-state index contributed by atoms with van der Waals surface area (Å²) in [5, 5.41) is 0.963. The van der Waals surface area contributed by atoms with E-state index < -0.39 is 0 Å². The Kier molecular flexibility index (Phi) is 0.891. The predicted molar refractivity (Wildman–Crippen MR) is 39.0 cm³/mol. The Bertz CT molecular complexity index is 260. The smallest absolute Gasteiger partial charge is 0.0470 e. The molecule has 0 unspecified atom stereocenters. The van der Waals surface area contributed by atoms with Crippen molar-refractivity contribution in [2.45, 2.75) is 13.3 Å². The van der Waals surface area contributed by atoms with E-state index in [-0.39, 0.29) is 0 Å². The molecule has 2 aliphatic rings. The van der Waals surface area contributed by atoms with E-state index in [1.165, 1.54) is 16.7 Å². The summed E-state index contributed by atoms with van der Waals surface area (Å²) in [6.45, 7) is 2.05. The molecule has 1 aromatic carbocycles. The van der Waals surface area contributed by atoms with Crippen molar-refractivity contribution in [1.29, 1.82) is 0 Å². The molecule has 0 radical (unpaired) electrons. The molecule has 0 N–H and O–H groups in total. The fraction of sp³-hybridized carbons (Fsp3) is 0.250. The second-order valence-corrected chi connectivity index (χ2v) is 2.94. The molecule has 0 aliphatic heterocycles. The van der Waals surface area contributed by atoms with Crippen LogP contribution in [0.5, 0.6) is 0 Å². The Labute approximate surface area is 59.5 Å². The number of rotatable bonds is 0. The highest BCUT2D eigenvalue weighted by atomic mass is 35.5. The molecular formula is C8H7Cl. The molecule has 2 aliphatic carbocycles. The van der Waals surface area contributed by atoms with Crippen LogP contribution in [0.2, 0.25) is 5.02 Å². The third-order valence-corrected chi connectivity index (χ3v) is 2.33. The van der Waals surface area contributed by atoms with Crippen LogP contribution in [-0.2, 0) is 6.42 Å². The van der Waals surface area contributed by atoms with Crippen molar-refractivity contribution in [3.63, 3.8) is 0 Å². The van der Waals surface area contributed by atoms with Gasteiger partial charge in [0, 0.05) is 5.02 Å². The Balaban J connectivity index is 2.72. The molecular weight excluding hydrogens is 132 g/mol. The monoisotopic (exact) mass is 138 g/mol. The van der Waals surface area contributed by atoms with Gasteiger partial charge in [-0.2, -0.15) is 0 Å². The first-order valence-electron chi connectivity index (χ1n) is 3.05. The number of benzene rings is 1. The molecule has 46 valence electrons. The van der Waals surface area contributed by atoms with Crippen molar-refractivity contribution in [3.8, 4) is 0 Å². The van der Waals surface area contributed by atoms with E-state index in [1.54, 1.807) is 0 Å². The zero-order valence-corrected chi connectivity index (χ0v) is 6.00. The normalized spacial score (nSPS) is 13.1. The van der Waals surface area contributed by atoms with Crippen LogP contribution in [0.4, 0.5) is 0 Å². The van der Waals surface area contributed by atoms with Crippen molar-refractivity contribution in [1.82, 2.24) is 0 Å². The van der Waals surface area contributed by atoms with E-state index in [4.69, 9.17) is 11.6 Å². The minimum absolute atomic E-state index is 0.963. The first-order chi connectivity index (χ1) is 4.27. The van der Waals surface area contributed by atoms with Gasteiger partial charge in [-0.25, -0.2) is 0 Å². The Morgan fingerprint density at radius 3 is 2.44 bits per heavy atom. The third kappa shape index (κ3) is 0.599. The van der Waals surface area contributed by atoms with E-state index >= 15 is 0 Å². The van der Waals surface area contributed by atoms with Crippen LogP contribution in [-0.4, -0.2) is 0 Å². The zero-order valence-electron chi connectivity index (χ0n) is 5.24. The number of halogens is 1. The largest absolute Gasteiger partial charge is 0.0837 e. The van der Waals surface area contributed by atoms with Gasteiger partial charge in [-0.15, -0.1) is 0 Å². The molecule has 2 bridgehead atoms. The lowest BCUT2D eigenvalue weighted by atomic mass is 9.91. The first kappa shape index (κ1) is 5.31. The molecule has 9 heavy (non-hydrogen) atoms. The van der Waals surface area contributed by atoms with Gasteiger partial charge in [0.05, 0.1) is 0 Å². The summed E-state index contributed by atoms with van der Waals surface area (Å²) < 4.78 is 0. The standard InChI is InChI=1S/C8H7Cl/c1-5-2-6-3-7(4-6)8(5)9/h2-3H,4H2,1H3. The molecule has 0 fully saturated rings. The maximum Gasteiger partial charge on any atom is 0.0470 e. The fourth-order valence-electron chi connectivity index (χ4n) is 1.24. The van der Waals surface area contributed by atoms with Crippen molar-refractivity contribution >= 4 is 11.6 Å². The van der Waals surface area contributed by atoms with Crippen LogP contribution < -0.4 is 0 Å². The second kappa shape index (κ2) is 1.51. The highest BCUT2D eigenvalue weighted by Gasteiger charge is 2.14. The molecule has 0 aromatic heterocycles. The van der Waals surface area contributed by atoms with E-state index in [2.05, 4.69) is 19.1 Å². The van der Waals surface area contributed by atoms with E-state index in [0.717, 1.165) is 11.4 Å². The molecule has 0 atom stereocenters. The molecule has 0 saturated carbocycles. The minimum Gasteiger partial charge on any atom is -0.0837 e. The molecule has 1 aromatic rings. The second-order valence-electron chi connectivity index (χ2n) is 2.56.